The van der Waals surface area contributed by atoms with Crippen molar-refractivity contribution in [3.63, 3.8) is 0 Å². The van der Waals surface area contributed by atoms with E-state index in [2.05, 4.69) is 0 Å². The number of aliphatic hydroxyl groups excluding tert-OH is 1. The summed E-state index contributed by atoms with van der Waals surface area (Å²) in [5.41, 5.74) is 0.442. The van der Waals surface area contributed by atoms with Crippen molar-refractivity contribution >= 4 is 11.8 Å². The number of carbonyl (C=O) groups excluding carboxylic acids is 2. The molecule has 0 spiro atoms. The molecule has 0 atom stereocenters. The van der Waals surface area contributed by atoms with Crippen molar-refractivity contribution in [1.82, 2.24) is 4.90 Å². The molecule has 1 N–H and O–H groups in total. The summed E-state index contributed by atoms with van der Waals surface area (Å²) in [7, 11) is 0. The first-order chi connectivity index (χ1) is 6.53. The van der Waals surface area contributed by atoms with E-state index >= 15 is 0 Å². The molecule has 0 saturated heterocycles. The molecule has 0 aromatic heterocycles. The maximum absolute atomic E-state index is 11.7. The van der Waals surface area contributed by atoms with Gasteiger partial charge in [0, 0.05) is 11.1 Å². The van der Waals surface area contributed by atoms with E-state index < -0.39 is 5.54 Å². The minimum Gasteiger partial charge on any atom is -0.394 e. The Balaban J connectivity index is 2.34. The molecule has 2 aliphatic rings. The van der Waals surface area contributed by atoms with Crippen LogP contribution in [0.4, 0.5) is 0 Å². The number of aliphatic hydroxyl groups is 1. The van der Waals surface area contributed by atoms with Gasteiger partial charge < -0.3 is 5.11 Å². The lowest BCUT2D eigenvalue weighted by molar-refractivity contribution is -0.142. The molecular weight excluding hydrogens is 182 g/mol. The molecule has 0 unspecified atom stereocenters. The molecule has 1 saturated carbocycles. The molecular formula is C10H13NO3. The zero-order chi connectivity index (χ0) is 10.5. The Morgan fingerprint density at radius 2 is 1.64 bits per heavy atom. The summed E-state index contributed by atoms with van der Waals surface area (Å²) in [5.74, 6) is -0.474. The fourth-order valence-corrected chi connectivity index (χ4v) is 1.78. The highest BCUT2D eigenvalue weighted by Crippen LogP contribution is 2.44. The number of rotatable bonds is 2. The van der Waals surface area contributed by atoms with Crippen LogP contribution in [0, 0.1) is 0 Å². The van der Waals surface area contributed by atoms with Crippen molar-refractivity contribution in [3.8, 4) is 0 Å². The van der Waals surface area contributed by atoms with Gasteiger partial charge in [-0.1, -0.05) is 0 Å². The number of amides is 2. The molecule has 1 aliphatic carbocycles. The van der Waals surface area contributed by atoms with Crippen LogP contribution in [-0.4, -0.2) is 34.0 Å². The Bertz CT molecular complexity index is 328. The highest BCUT2D eigenvalue weighted by Gasteiger charge is 2.55. The zero-order valence-corrected chi connectivity index (χ0v) is 8.33. The molecule has 76 valence electrons. The predicted molar refractivity (Wildman–Crippen MR) is 49.3 cm³/mol. The maximum Gasteiger partial charge on any atom is 0.257 e. The van der Waals surface area contributed by atoms with Crippen molar-refractivity contribution in [2.45, 2.75) is 32.2 Å². The lowest BCUT2D eigenvalue weighted by atomic mass is 10.2. The van der Waals surface area contributed by atoms with Gasteiger partial charge >= 0.3 is 0 Å². The van der Waals surface area contributed by atoms with E-state index in [1.807, 2.05) is 0 Å². The zero-order valence-electron chi connectivity index (χ0n) is 8.33. The number of hydrogen-bond acceptors (Lipinski definition) is 3. The third-order valence-electron chi connectivity index (χ3n) is 3.21. The van der Waals surface area contributed by atoms with E-state index in [0.717, 1.165) is 12.8 Å². The number of hydrogen-bond donors (Lipinski definition) is 1. The SMILES string of the molecule is CC1=C(C)C(=O)N(C2(CO)CC2)C1=O. The Morgan fingerprint density at radius 3 is 1.93 bits per heavy atom. The van der Waals surface area contributed by atoms with Crippen LogP contribution >= 0.6 is 0 Å². The van der Waals surface area contributed by atoms with Gasteiger partial charge in [-0.25, -0.2) is 0 Å². The van der Waals surface area contributed by atoms with Crippen LogP contribution in [0.3, 0.4) is 0 Å². The van der Waals surface area contributed by atoms with E-state index in [1.54, 1.807) is 13.8 Å². The second kappa shape index (κ2) is 2.67. The largest absolute Gasteiger partial charge is 0.394 e. The lowest BCUT2D eigenvalue weighted by Gasteiger charge is -2.24. The summed E-state index contributed by atoms with van der Waals surface area (Å²) in [6.45, 7) is 3.19. The molecule has 1 heterocycles. The monoisotopic (exact) mass is 195 g/mol. The molecule has 1 aliphatic heterocycles. The smallest absolute Gasteiger partial charge is 0.257 e. The van der Waals surface area contributed by atoms with Crippen LogP contribution < -0.4 is 0 Å². The first kappa shape index (κ1) is 9.40. The molecule has 0 radical (unpaired) electrons. The van der Waals surface area contributed by atoms with Crippen LogP contribution in [0.2, 0.25) is 0 Å². The van der Waals surface area contributed by atoms with Gasteiger partial charge in [-0.05, 0) is 26.7 Å². The van der Waals surface area contributed by atoms with Crippen LogP contribution in [0.15, 0.2) is 11.1 Å². The quantitative estimate of drug-likeness (QED) is 0.641. The molecule has 1 fully saturated rings. The fourth-order valence-electron chi connectivity index (χ4n) is 1.78. The van der Waals surface area contributed by atoms with E-state index in [-0.39, 0.29) is 18.4 Å². The average molecular weight is 195 g/mol. The standard InChI is InChI=1S/C10H13NO3/c1-6-7(2)9(14)11(8(6)13)10(5-12)3-4-10/h12H,3-5H2,1-2H3. The number of imide groups is 1. The van der Waals surface area contributed by atoms with Gasteiger partial charge in [-0.2, -0.15) is 0 Å². The lowest BCUT2D eigenvalue weighted by Crippen LogP contribution is -2.45. The molecule has 2 amide bonds. The second-order valence-corrected chi connectivity index (χ2v) is 4.08. The molecule has 4 nitrogen and oxygen atoms in total. The van der Waals surface area contributed by atoms with Crippen LogP contribution in [0.1, 0.15) is 26.7 Å². The van der Waals surface area contributed by atoms with Crippen molar-refractivity contribution in [1.29, 1.82) is 0 Å². The van der Waals surface area contributed by atoms with Gasteiger partial charge in [0.2, 0.25) is 0 Å². The Hall–Kier alpha value is -1.16. The normalized spacial score (nSPS) is 24.9. The Morgan fingerprint density at radius 1 is 1.21 bits per heavy atom. The minimum atomic E-state index is -0.576. The summed E-state index contributed by atoms with van der Waals surface area (Å²) in [4.78, 5) is 24.6. The summed E-state index contributed by atoms with van der Waals surface area (Å²) in [6, 6.07) is 0. The summed E-state index contributed by atoms with van der Waals surface area (Å²) in [5, 5.41) is 9.16. The van der Waals surface area contributed by atoms with Crippen LogP contribution in [-0.2, 0) is 9.59 Å². The Labute approximate surface area is 82.2 Å². The molecule has 0 aromatic rings. The van der Waals surface area contributed by atoms with E-state index in [4.69, 9.17) is 5.11 Å². The van der Waals surface area contributed by atoms with Gasteiger partial charge in [0.25, 0.3) is 11.8 Å². The second-order valence-electron chi connectivity index (χ2n) is 4.08. The highest BCUT2D eigenvalue weighted by molar-refractivity contribution is 6.19. The van der Waals surface area contributed by atoms with Gasteiger partial charge in [0.05, 0.1) is 12.1 Å². The molecule has 0 aromatic carbocycles. The van der Waals surface area contributed by atoms with Gasteiger partial charge in [-0.15, -0.1) is 0 Å². The van der Waals surface area contributed by atoms with Crippen LogP contribution in [0.25, 0.3) is 0 Å². The first-order valence-electron chi connectivity index (χ1n) is 4.71. The predicted octanol–water partition coefficient (Wildman–Crippen LogP) is 0.216. The topological polar surface area (TPSA) is 57.6 Å². The molecule has 14 heavy (non-hydrogen) atoms. The van der Waals surface area contributed by atoms with E-state index in [0.29, 0.717) is 11.1 Å². The van der Waals surface area contributed by atoms with Crippen molar-refractivity contribution in [2.75, 3.05) is 6.61 Å². The number of nitrogens with zero attached hydrogens (tertiary/aromatic N) is 1. The van der Waals surface area contributed by atoms with E-state index in [9.17, 15) is 9.59 Å². The Kier molecular flexibility index (Phi) is 1.79. The third kappa shape index (κ3) is 0.973. The van der Waals surface area contributed by atoms with E-state index in [1.165, 1.54) is 4.90 Å². The van der Waals surface area contributed by atoms with Crippen molar-refractivity contribution in [2.24, 2.45) is 0 Å². The van der Waals surface area contributed by atoms with Gasteiger partial charge in [0.1, 0.15) is 0 Å². The molecule has 2 rings (SSSR count). The fraction of sp³-hybridized carbons (Fsp3) is 0.600. The average Bonchev–Trinajstić information content (AvgIpc) is 2.92. The highest BCUT2D eigenvalue weighted by atomic mass is 16.3. The van der Waals surface area contributed by atoms with Crippen molar-refractivity contribution in [3.05, 3.63) is 11.1 Å². The summed E-state index contributed by atoms with van der Waals surface area (Å²) in [6.07, 6.45) is 1.45. The van der Waals surface area contributed by atoms with Gasteiger partial charge in [0.15, 0.2) is 0 Å². The van der Waals surface area contributed by atoms with Crippen LogP contribution in [0.5, 0.6) is 0 Å². The molecule has 0 bridgehead atoms. The molecule has 4 heteroatoms. The van der Waals surface area contributed by atoms with Crippen molar-refractivity contribution < 1.29 is 14.7 Å². The van der Waals surface area contributed by atoms with Gasteiger partial charge in [-0.3, -0.25) is 14.5 Å². The first-order valence-corrected chi connectivity index (χ1v) is 4.71. The summed E-state index contributed by atoms with van der Waals surface area (Å²) >= 11 is 0. The minimum absolute atomic E-state index is 0.120. The number of carbonyl (C=O) groups is 2. The maximum atomic E-state index is 11.7. The summed E-state index contributed by atoms with van der Waals surface area (Å²) < 4.78 is 0. The third-order valence-corrected chi connectivity index (χ3v) is 3.21.